The highest BCUT2D eigenvalue weighted by molar-refractivity contribution is 6.31. The first-order chi connectivity index (χ1) is 11.8. The van der Waals surface area contributed by atoms with Crippen molar-refractivity contribution >= 4 is 29.1 Å². The zero-order valence-electron chi connectivity index (χ0n) is 14.3. The van der Waals surface area contributed by atoms with Gasteiger partial charge in [-0.15, -0.1) is 0 Å². The molecule has 0 aliphatic rings. The fourth-order valence-electron chi connectivity index (χ4n) is 2.38. The Morgan fingerprint density at radius 3 is 2.40 bits per heavy atom. The molecule has 0 aliphatic carbocycles. The van der Waals surface area contributed by atoms with Crippen molar-refractivity contribution in [1.82, 2.24) is 5.32 Å². The first-order valence-corrected chi connectivity index (χ1v) is 8.29. The maximum absolute atomic E-state index is 13.2. The SMILES string of the molecule is Cc1ccccc1C(=O)NC(C(=O)Nc1ccc(F)c(Cl)c1)C(C)C. The number of carbonyl (C=O) groups is 2. The molecule has 2 amide bonds. The van der Waals surface area contributed by atoms with E-state index < -0.39 is 11.9 Å². The lowest BCUT2D eigenvalue weighted by Crippen LogP contribution is -2.47. The standard InChI is InChI=1S/C19H20ClFN2O2/c1-11(2)17(23-18(24)14-7-5-4-6-12(14)3)19(25)22-13-8-9-16(21)15(20)10-13/h4-11,17H,1-3H3,(H,22,25)(H,23,24). The molecule has 25 heavy (non-hydrogen) atoms. The molecule has 0 heterocycles. The van der Waals surface area contributed by atoms with E-state index in [0.717, 1.165) is 5.56 Å². The van der Waals surface area contributed by atoms with E-state index in [4.69, 9.17) is 11.6 Å². The Morgan fingerprint density at radius 1 is 1.12 bits per heavy atom. The first kappa shape index (κ1) is 18.9. The molecule has 0 saturated heterocycles. The molecule has 2 rings (SSSR count). The molecule has 0 fully saturated rings. The predicted molar refractivity (Wildman–Crippen MR) is 97.3 cm³/mol. The third kappa shape index (κ3) is 4.79. The van der Waals surface area contributed by atoms with Crippen LogP contribution in [0.5, 0.6) is 0 Å². The largest absolute Gasteiger partial charge is 0.340 e. The highest BCUT2D eigenvalue weighted by Crippen LogP contribution is 2.20. The fraction of sp³-hybridized carbons (Fsp3) is 0.263. The molecule has 6 heteroatoms. The number of halogens is 2. The number of carbonyl (C=O) groups excluding carboxylic acids is 2. The smallest absolute Gasteiger partial charge is 0.252 e. The minimum atomic E-state index is -0.740. The summed E-state index contributed by atoms with van der Waals surface area (Å²) >= 11 is 5.73. The third-order valence-corrected chi connectivity index (χ3v) is 4.10. The monoisotopic (exact) mass is 362 g/mol. The lowest BCUT2D eigenvalue weighted by Gasteiger charge is -2.22. The molecule has 0 radical (unpaired) electrons. The normalized spacial score (nSPS) is 11.9. The van der Waals surface area contributed by atoms with Crippen LogP contribution in [0.15, 0.2) is 42.5 Å². The number of benzene rings is 2. The average molecular weight is 363 g/mol. The zero-order chi connectivity index (χ0) is 18.6. The second kappa shape index (κ2) is 8.12. The molecular formula is C19H20ClFN2O2. The molecule has 2 aromatic rings. The molecule has 0 aliphatic heterocycles. The Hall–Kier alpha value is -2.40. The van der Waals surface area contributed by atoms with Gasteiger partial charge in [0.1, 0.15) is 11.9 Å². The molecule has 0 spiro atoms. The maximum Gasteiger partial charge on any atom is 0.252 e. The Morgan fingerprint density at radius 2 is 1.80 bits per heavy atom. The van der Waals surface area contributed by atoms with Crippen LogP contribution >= 0.6 is 11.6 Å². The van der Waals surface area contributed by atoms with Gasteiger partial charge in [0.05, 0.1) is 5.02 Å². The molecular weight excluding hydrogens is 343 g/mol. The first-order valence-electron chi connectivity index (χ1n) is 7.92. The highest BCUT2D eigenvalue weighted by Gasteiger charge is 2.25. The molecule has 2 aromatic carbocycles. The van der Waals surface area contributed by atoms with Crippen molar-refractivity contribution in [3.05, 3.63) is 64.4 Å². The van der Waals surface area contributed by atoms with Crippen molar-refractivity contribution < 1.29 is 14.0 Å². The third-order valence-electron chi connectivity index (χ3n) is 3.81. The van der Waals surface area contributed by atoms with E-state index in [2.05, 4.69) is 10.6 Å². The number of rotatable bonds is 5. The van der Waals surface area contributed by atoms with Crippen molar-refractivity contribution in [2.75, 3.05) is 5.32 Å². The van der Waals surface area contributed by atoms with E-state index in [1.807, 2.05) is 32.9 Å². The summed E-state index contributed by atoms with van der Waals surface area (Å²) in [6.07, 6.45) is 0. The van der Waals surface area contributed by atoms with Crippen molar-refractivity contribution in [3.8, 4) is 0 Å². The van der Waals surface area contributed by atoms with Gasteiger partial charge in [-0.05, 0) is 42.7 Å². The summed E-state index contributed by atoms with van der Waals surface area (Å²) in [6, 6.07) is 10.3. The quantitative estimate of drug-likeness (QED) is 0.838. The number of amides is 2. The number of hydrogen-bond acceptors (Lipinski definition) is 2. The number of hydrogen-bond donors (Lipinski definition) is 2. The van der Waals surface area contributed by atoms with Crippen LogP contribution in [0.4, 0.5) is 10.1 Å². The molecule has 0 aromatic heterocycles. The summed E-state index contributed by atoms with van der Waals surface area (Å²) in [6.45, 7) is 5.50. The van der Waals surface area contributed by atoms with Crippen LogP contribution in [-0.4, -0.2) is 17.9 Å². The van der Waals surface area contributed by atoms with E-state index in [1.165, 1.54) is 18.2 Å². The highest BCUT2D eigenvalue weighted by atomic mass is 35.5. The van der Waals surface area contributed by atoms with E-state index in [0.29, 0.717) is 11.3 Å². The second-order valence-electron chi connectivity index (χ2n) is 6.13. The lowest BCUT2D eigenvalue weighted by atomic mass is 10.0. The minimum Gasteiger partial charge on any atom is -0.340 e. The van der Waals surface area contributed by atoms with Gasteiger partial charge < -0.3 is 10.6 Å². The van der Waals surface area contributed by atoms with Crippen LogP contribution in [0.1, 0.15) is 29.8 Å². The lowest BCUT2D eigenvalue weighted by molar-refractivity contribution is -0.118. The second-order valence-corrected chi connectivity index (χ2v) is 6.54. The Kier molecular flexibility index (Phi) is 6.15. The van der Waals surface area contributed by atoms with Crippen LogP contribution in [0, 0.1) is 18.7 Å². The summed E-state index contributed by atoms with van der Waals surface area (Å²) in [5, 5.41) is 5.34. The predicted octanol–water partition coefficient (Wildman–Crippen LogP) is 4.18. The topological polar surface area (TPSA) is 58.2 Å². The molecule has 0 bridgehead atoms. The molecule has 2 N–H and O–H groups in total. The summed E-state index contributed by atoms with van der Waals surface area (Å²) in [5.74, 6) is -1.40. The van der Waals surface area contributed by atoms with Gasteiger partial charge in [0.25, 0.3) is 5.91 Å². The molecule has 1 unspecified atom stereocenters. The van der Waals surface area contributed by atoms with Crippen LogP contribution in [0.3, 0.4) is 0 Å². The molecule has 132 valence electrons. The van der Waals surface area contributed by atoms with Crippen molar-refractivity contribution in [2.24, 2.45) is 5.92 Å². The van der Waals surface area contributed by atoms with Crippen LogP contribution in [0.2, 0.25) is 5.02 Å². The summed E-state index contributed by atoms with van der Waals surface area (Å²) < 4.78 is 13.2. The number of aryl methyl sites for hydroxylation is 1. The van der Waals surface area contributed by atoms with Gasteiger partial charge in [-0.2, -0.15) is 0 Å². The van der Waals surface area contributed by atoms with Gasteiger partial charge >= 0.3 is 0 Å². The van der Waals surface area contributed by atoms with E-state index in [-0.39, 0.29) is 22.8 Å². The maximum atomic E-state index is 13.2. The average Bonchev–Trinajstić information content (AvgIpc) is 2.55. The van der Waals surface area contributed by atoms with Gasteiger partial charge in [0.15, 0.2) is 0 Å². The van der Waals surface area contributed by atoms with Crippen LogP contribution in [0.25, 0.3) is 0 Å². The summed E-state index contributed by atoms with van der Waals surface area (Å²) in [7, 11) is 0. The molecule has 1 atom stereocenters. The van der Waals surface area contributed by atoms with Gasteiger partial charge in [-0.3, -0.25) is 9.59 Å². The minimum absolute atomic E-state index is 0.0807. The zero-order valence-corrected chi connectivity index (χ0v) is 15.0. The van der Waals surface area contributed by atoms with E-state index in [1.54, 1.807) is 12.1 Å². The van der Waals surface area contributed by atoms with E-state index in [9.17, 15) is 14.0 Å². The molecule has 4 nitrogen and oxygen atoms in total. The summed E-state index contributed by atoms with van der Waals surface area (Å²) in [4.78, 5) is 25.0. The van der Waals surface area contributed by atoms with Crippen molar-refractivity contribution in [3.63, 3.8) is 0 Å². The fourth-order valence-corrected chi connectivity index (χ4v) is 2.56. The van der Waals surface area contributed by atoms with Gasteiger partial charge in [-0.25, -0.2) is 4.39 Å². The Labute approximate surface area is 151 Å². The molecule has 0 saturated carbocycles. The van der Waals surface area contributed by atoms with Crippen molar-refractivity contribution in [2.45, 2.75) is 26.8 Å². The van der Waals surface area contributed by atoms with Gasteiger partial charge in [0, 0.05) is 11.3 Å². The Bertz CT molecular complexity index is 793. The van der Waals surface area contributed by atoms with Gasteiger partial charge in [0.2, 0.25) is 5.91 Å². The van der Waals surface area contributed by atoms with Crippen LogP contribution in [-0.2, 0) is 4.79 Å². The summed E-state index contributed by atoms with van der Waals surface area (Å²) in [5.41, 5.74) is 1.71. The number of nitrogens with one attached hydrogen (secondary N) is 2. The van der Waals surface area contributed by atoms with Gasteiger partial charge in [-0.1, -0.05) is 43.6 Å². The van der Waals surface area contributed by atoms with E-state index >= 15 is 0 Å². The Balaban J connectivity index is 2.14. The van der Waals surface area contributed by atoms with Crippen molar-refractivity contribution in [1.29, 1.82) is 0 Å². The number of anilines is 1. The van der Waals surface area contributed by atoms with Crippen LogP contribution < -0.4 is 10.6 Å².